The largest absolute Gasteiger partial charge is 0.313 e. The van der Waals surface area contributed by atoms with Gasteiger partial charge in [0.25, 0.3) is 5.69 Å². The van der Waals surface area contributed by atoms with E-state index in [-0.39, 0.29) is 17.1 Å². The molecule has 1 unspecified atom stereocenters. The van der Waals surface area contributed by atoms with Crippen LogP contribution in [0.2, 0.25) is 5.02 Å². The summed E-state index contributed by atoms with van der Waals surface area (Å²) >= 11 is 6.28. The highest BCUT2D eigenvalue weighted by atomic mass is 35.5. The van der Waals surface area contributed by atoms with Gasteiger partial charge in [-0.05, 0) is 24.1 Å². The molecule has 2 aromatic carbocycles. The van der Waals surface area contributed by atoms with Crippen LogP contribution in [-0.4, -0.2) is 37.3 Å². The summed E-state index contributed by atoms with van der Waals surface area (Å²) in [5.74, 6) is 0. The molecule has 138 valence electrons. The van der Waals surface area contributed by atoms with Crippen molar-refractivity contribution in [1.82, 2.24) is 9.62 Å². The number of piperazine rings is 1. The maximum absolute atomic E-state index is 13.3. The molecule has 1 saturated heterocycles. The SMILES string of the molecule is Cc1ccc([N+](=O)[O-])cc1S(=O)(=O)N1CCNCC1c1ccccc1Cl. The minimum absolute atomic E-state index is 0.0503. The first-order valence-corrected chi connectivity index (χ1v) is 9.86. The number of halogens is 1. The molecule has 1 fully saturated rings. The fourth-order valence-corrected chi connectivity index (χ4v) is 5.20. The van der Waals surface area contributed by atoms with Gasteiger partial charge >= 0.3 is 0 Å². The first kappa shape index (κ1) is 18.8. The monoisotopic (exact) mass is 395 g/mol. The lowest BCUT2D eigenvalue weighted by atomic mass is 10.1. The number of hydrogen-bond acceptors (Lipinski definition) is 5. The number of benzene rings is 2. The second-order valence-electron chi connectivity index (χ2n) is 6.06. The van der Waals surface area contributed by atoms with Crippen LogP contribution in [0, 0.1) is 17.0 Å². The Bertz CT molecular complexity index is 949. The Hall–Kier alpha value is -2.00. The average Bonchev–Trinajstić information content (AvgIpc) is 2.62. The van der Waals surface area contributed by atoms with Gasteiger partial charge in [0.15, 0.2) is 0 Å². The Labute approximate surface area is 156 Å². The maximum atomic E-state index is 13.3. The van der Waals surface area contributed by atoms with Crippen molar-refractivity contribution in [3.63, 3.8) is 0 Å². The van der Waals surface area contributed by atoms with Crippen molar-refractivity contribution in [2.75, 3.05) is 19.6 Å². The molecule has 0 radical (unpaired) electrons. The Balaban J connectivity index is 2.09. The van der Waals surface area contributed by atoms with Gasteiger partial charge < -0.3 is 5.32 Å². The molecule has 9 heteroatoms. The highest BCUT2D eigenvalue weighted by Crippen LogP contribution is 2.34. The fourth-order valence-electron chi connectivity index (χ4n) is 3.09. The molecular formula is C17H18ClN3O4S. The number of sulfonamides is 1. The number of non-ortho nitro benzene ring substituents is 1. The molecule has 7 nitrogen and oxygen atoms in total. The van der Waals surface area contributed by atoms with Crippen LogP contribution in [0.15, 0.2) is 47.4 Å². The number of nitro groups is 1. The molecular weight excluding hydrogens is 378 g/mol. The van der Waals surface area contributed by atoms with E-state index in [1.54, 1.807) is 31.2 Å². The molecule has 1 aliphatic rings. The first-order chi connectivity index (χ1) is 12.3. The molecule has 0 bridgehead atoms. The van der Waals surface area contributed by atoms with Gasteiger partial charge in [-0.2, -0.15) is 4.31 Å². The summed E-state index contributed by atoms with van der Waals surface area (Å²) < 4.78 is 28.0. The van der Waals surface area contributed by atoms with Gasteiger partial charge in [0.2, 0.25) is 10.0 Å². The molecule has 0 aromatic heterocycles. The van der Waals surface area contributed by atoms with Crippen LogP contribution in [0.3, 0.4) is 0 Å². The molecule has 3 rings (SSSR count). The van der Waals surface area contributed by atoms with E-state index in [0.29, 0.717) is 29.2 Å². The van der Waals surface area contributed by atoms with Crippen molar-refractivity contribution < 1.29 is 13.3 Å². The Morgan fingerprint density at radius 1 is 1.27 bits per heavy atom. The number of nitro benzene ring substituents is 1. The Morgan fingerprint density at radius 3 is 2.69 bits per heavy atom. The Kier molecular flexibility index (Phi) is 5.29. The molecule has 1 heterocycles. The molecule has 1 aliphatic heterocycles. The molecule has 0 amide bonds. The third-order valence-electron chi connectivity index (χ3n) is 4.43. The summed E-state index contributed by atoms with van der Waals surface area (Å²) in [6.45, 7) is 2.79. The third-order valence-corrected chi connectivity index (χ3v) is 6.82. The van der Waals surface area contributed by atoms with Gasteiger partial charge in [-0.15, -0.1) is 0 Å². The lowest BCUT2D eigenvalue weighted by Gasteiger charge is -2.36. The van der Waals surface area contributed by atoms with E-state index >= 15 is 0 Å². The Morgan fingerprint density at radius 2 is 2.00 bits per heavy atom. The summed E-state index contributed by atoms with van der Waals surface area (Å²) in [4.78, 5) is 10.4. The molecule has 26 heavy (non-hydrogen) atoms. The van der Waals surface area contributed by atoms with Crippen LogP contribution >= 0.6 is 11.6 Å². The molecule has 2 aromatic rings. The smallest absolute Gasteiger partial charge is 0.270 e. The summed E-state index contributed by atoms with van der Waals surface area (Å²) in [6, 6.07) is 10.5. The minimum Gasteiger partial charge on any atom is -0.313 e. The normalized spacial score (nSPS) is 18.6. The zero-order chi connectivity index (χ0) is 18.9. The predicted octanol–water partition coefficient (Wildman–Crippen LogP) is 2.89. The van der Waals surface area contributed by atoms with Crippen molar-refractivity contribution in [2.24, 2.45) is 0 Å². The van der Waals surface area contributed by atoms with Gasteiger partial charge in [-0.1, -0.05) is 35.9 Å². The van der Waals surface area contributed by atoms with Crippen molar-refractivity contribution in [3.05, 3.63) is 68.7 Å². The third kappa shape index (κ3) is 3.45. The van der Waals surface area contributed by atoms with E-state index in [4.69, 9.17) is 11.6 Å². The number of hydrogen-bond donors (Lipinski definition) is 1. The second kappa shape index (κ2) is 7.32. The van der Waals surface area contributed by atoms with Crippen LogP contribution in [-0.2, 0) is 10.0 Å². The highest BCUT2D eigenvalue weighted by Gasteiger charge is 2.36. The van der Waals surface area contributed by atoms with E-state index < -0.39 is 21.0 Å². The van der Waals surface area contributed by atoms with E-state index in [1.807, 2.05) is 0 Å². The highest BCUT2D eigenvalue weighted by molar-refractivity contribution is 7.89. The average molecular weight is 396 g/mol. The van der Waals surface area contributed by atoms with Gasteiger partial charge in [0.1, 0.15) is 0 Å². The van der Waals surface area contributed by atoms with E-state index in [2.05, 4.69) is 5.32 Å². The summed E-state index contributed by atoms with van der Waals surface area (Å²) in [5, 5.41) is 14.7. The molecule has 1 N–H and O–H groups in total. The lowest BCUT2D eigenvalue weighted by Crippen LogP contribution is -2.48. The quantitative estimate of drug-likeness (QED) is 0.634. The van der Waals surface area contributed by atoms with Crippen LogP contribution < -0.4 is 5.32 Å². The molecule has 0 saturated carbocycles. The topological polar surface area (TPSA) is 92.5 Å². The number of nitrogens with one attached hydrogen (secondary N) is 1. The van der Waals surface area contributed by atoms with Crippen molar-refractivity contribution in [2.45, 2.75) is 17.9 Å². The number of nitrogens with zero attached hydrogens (tertiary/aromatic N) is 2. The van der Waals surface area contributed by atoms with Crippen molar-refractivity contribution >= 4 is 27.3 Å². The second-order valence-corrected chi connectivity index (χ2v) is 8.33. The van der Waals surface area contributed by atoms with Crippen LogP contribution in [0.4, 0.5) is 5.69 Å². The summed E-state index contributed by atoms with van der Waals surface area (Å²) in [6.07, 6.45) is 0. The first-order valence-electron chi connectivity index (χ1n) is 8.04. The minimum atomic E-state index is -3.93. The van der Waals surface area contributed by atoms with Crippen molar-refractivity contribution in [3.8, 4) is 0 Å². The van der Waals surface area contributed by atoms with E-state index in [1.165, 1.54) is 16.4 Å². The standard InChI is InChI=1S/C17H18ClN3O4S/c1-12-6-7-13(21(22)23)10-17(12)26(24,25)20-9-8-19-11-16(20)14-4-2-3-5-15(14)18/h2-7,10,16,19H,8-9,11H2,1H3. The van der Waals surface area contributed by atoms with Crippen LogP contribution in [0.1, 0.15) is 17.2 Å². The number of rotatable bonds is 4. The van der Waals surface area contributed by atoms with E-state index in [0.717, 1.165) is 6.07 Å². The maximum Gasteiger partial charge on any atom is 0.270 e. The molecule has 0 aliphatic carbocycles. The van der Waals surface area contributed by atoms with Gasteiger partial charge in [-0.25, -0.2) is 8.42 Å². The summed E-state index contributed by atoms with van der Waals surface area (Å²) in [5.41, 5.74) is 0.915. The van der Waals surface area contributed by atoms with E-state index in [9.17, 15) is 18.5 Å². The van der Waals surface area contributed by atoms with Crippen molar-refractivity contribution in [1.29, 1.82) is 0 Å². The van der Waals surface area contributed by atoms with Gasteiger partial charge in [0.05, 0.1) is 15.9 Å². The molecule has 0 spiro atoms. The van der Waals surface area contributed by atoms with Crippen LogP contribution in [0.5, 0.6) is 0 Å². The van der Waals surface area contributed by atoms with Gasteiger partial charge in [-0.3, -0.25) is 10.1 Å². The van der Waals surface area contributed by atoms with Gasteiger partial charge in [0, 0.05) is 36.8 Å². The lowest BCUT2D eigenvalue weighted by molar-refractivity contribution is -0.385. The van der Waals surface area contributed by atoms with Crippen LogP contribution in [0.25, 0.3) is 0 Å². The zero-order valence-corrected chi connectivity index (χ0v) is 15.6. The fraction of sp³-hybridized carbons (Fsp3) is 0.294. The predicted molar refractivity (Wildman–Crippen MR) is 98.8 cm³/mol. The molecule has 1 atom stereocenters. The zero-order valence-electron chi connectivity index (χ0n) is 14.1. The summed E-state index contributed by atoms with van der Waals surface area (Å²) in [7, 11) is -3.93. The number of aryl methyl sites for hydroxylation is 1.